The normalized spacial score (nSPS) is 11.1. The highest BCUT2D eigenvalue weighted by molar-refractivity contribution is 9.10. The zero-order chi connectivity index (χ0) is 18.9. The van der Waals surface area contributed by atoms with E-state index in [0.29, 0.717) is 19.8 Å². The van der Waals surface area contributed by atoms with E-state index in [2.05, 4.69) is 36.3 Å². The van der Waals surface area contributed by atoms with Crippen molar-refractivity contribution in [2.24, 2.45) is 0 Å². The molecule has 12 heteroatoms. The van der Waals surface area contributed by atoms with Crippen LogP contribution >= 0.6 is 27.5 Å². The lowest BCUT2D eigenvalue weighted by Gasteiger charge is -2.05. The Hall–Kier alpha value is -2.68. The van der Waals surface area contributed by atoms with Gasteiger partial charge >= 0.3 is 0 Å². The lowest BCUT2D eigenvalue weighted by Crippen LogP contribution is -2.17. The zero-order valence-corrected chi connectivity index (χ0v) is 15.9. The highest BCUT2D eigenvalue weighted by Gasteiger charge is 2.24. The van der Waals surface area contributed by atoms with Gasteiger partial charge in [0.15, 0.2) is 0 Å². The molecule has 0 unspecified atom stereocenters. The highest BCUT2D eigenvalue weighted by atomic mass is 79.9. The van der Waals surface area contributed by atoms with Crippen molar-refractivity contribution in [2.75, 3.05) is 11.1 Å². The number of nitrogens with zero attached hydrogens (tertiary/aromatic N) is 5. The smallest absolute Gasteiger partial charge is 0.287 e. The van der Waals surface area contributed by atoms with Crippen LogP contribution in [0.15, 0.2) is 45.9 Å². The molecule has 0 amide bonds. The van der Waals surface area contributed by atoms with Gasteiger partial charge < -0.3 is 11.1 Å². The van der Waals surface area contributed by atoms with Crippen LogP contribution in [0.2, 0.25) is 5.15 Å². The number of halogens is 2. The van der Waals surface area contributed by atoms with Crippen LogP contribution < -0.4 is 11.1 Å². The third-order valence-corrected chi connectivity index (χ3v) is 5.85. The maximum Gasteiger partial charge on any atom is 0.287 e. The fourth-order valence-electron chi connectivity index (χ4n) is 1.94. The third-order valence-electron chi connectivity index (χ3n) is 3.17. The number of nitrogen functional groups attached to an aromatic ring is 1. The molecule has 0 atom stereocenters. The number of nitriles is 1. The van der Waals surface area contributed by atoms with Gasteiger partial charge in [-0.25, -0.2) is 4.98 Å². The molecule has 3 N–H and O–H groups in total. The highest BCUT2D eigenvalue weighted by Crippen LogP contribution is 2.25. The van der Waals surface area contributed by atoms with Gasteiger partial charge in [0.1, 0.15) is 10.0 Å². The molecule has 1 aromatic carbocycles. The van der Waals surface area contributed by atoms with Crippen LogP contribution in [0.5, 0.6) is 0 Å². The molecule has 0 aliphatic rings. The summed E-state index contributed by atoms with van der Waals surface area (Å²) in [5.74, 6) is -0.344. The van der Waals surface area contributed by atoms with Crippen molar-refractivity contribution < 1.29 is 8.42 Å². The van der Waals surface area contributed by atoms with Gasteiger partial charge in [0.2, 0.25) is 11.9 Å². The molecule has 0 saturated carbocycles. The SMILES string of the molecule is N#Cc1ccc(Nc2nc(N)n(S(=O)(=O)c3cnc(Cl)c(Br)c3)n2)cc1. The lowest BCUT2D eigenvalue weighted by atomic mass is 10.2. The minimum atomic E-state index is -4.11. The number of hydrogen-bond acceptors (Lipinski definition) is 8. The van der Waals surface area contributed by atoms with E-state index in [4.69, 9.17) is 22.6 Å². The molecule has 3 rings (SSSR count). The van der Waals surface area contributed by atoms with Crippen molar-refractivity contribution in [1.82, 2.24) is 19.2 Å². The van der Waals surface area contributed by atoms with Crippen LogP contribution in [-0.4, -0.2) is 27.6 Å². The topological polar surface area (TPSA) is 140 Å². The van der Waals surface area contributed by atoms with Gasteiger partial charge in [0.05, 0.1) is 16.1 Å². The first kappa shape index (κ1) is 18.1. The summed E-state index contributed by atoms with van der Waals surface area (Å²) in [6.45, 7) is 0. The Balaban J connectivity index is 1.93. The Morgan fingerprint density at radius 2 is 2.00 bits per heavy atom. The van der Waals surface area contributed by atoms with Crippen LogP contribution in [-0.2, 0) is 10.0 Å². The summed E-state index contributed by atoms with van der Waals surface area (Å²) in [5.41, 5.74) is 6.75. The molecule has 0 fully saturated rings. The summed E-state index contributed by atoms with van der Waals surface area (Å²) in [6, 6.07) is 9.73. The molecule has 2 heterocycles. The Morgan fingerprint density at radius 1 is 1.31 bits per heavy atom. The van der Waals surface area contributed by atoms with Gasteiger partial charge in [-0.05, 0) is 46.3 Å². The van der Waals surface area contributed by atoms with E-state index in [-0.39, 0.29) is 21.9 Å². The van der Waals surface area contributed by atoms with E-state index >= 15 is 0 Å². The van der Waals surface area contributed by atoms with Gasteiger partial charge in [-0.1, -0.05) is 11.6 Å². The average Bonchev–Trinajstić information content (AvgIpc) is 2.99. The molecule has 0 aliphatic carbocycles. The first-order valence-corrected chi connectivity index (χ1v) is 9.48. The van der Waals surface area contributed by atoms with E-state index < -0.39 is 10.0 Å². The van der Waals surface area contributed by atoms with Gasteiger partial charge in [-0.15, -0.1) is 9.19 Å². The maximum absolute atomic E-state index is 12.7. The molecule has 9 nitrogen and oxygen atoms in total. The standard InChI is InChI=1S/C14H9BrClN7O2S/c15-11-5-10(7-19-12(11)16)26(24,25)23-13(18)21-14(22-23)20-9-3-1-8(6-17)2-4-9/h1-5,7H,(H3,18,20,21,22). The first-order valence-electron chi connectivity index (χ1n) is 6.87. The Labute approximate surface area is 161 Å². The van der Waals surface area contributed by atoms with E-state index in [1.165, 1.54) is 6.07 Å². The minimum absolute atomic E-state index is 0.0169. The number of pyridine rings is 1. The number of nitrogens with one attached hydrogen (secondary N) is 1. The summed E-state index contributed by atoms with van der Waals surface area (Å²) in [7, 11) is -4.11. The Kier molecular flexibility index (Phi) is 4.82. The van der Waals surface area contributed by atoms with Crippen LogP contribution in [0.25, 0.3) is 0 Å². The van der Waals surface area contributed by atoms with Gasteiger partial charge in [0, 0.05) is 11.9 Å². The number of benzene rings is 1. The predicted octanol–water partition coefficient (Wildman–Crippen LogP) is 2.52. The number of nitrogens with two attached hydrogens (primary N) is 1. The number of hydrogen-bond donors (Lipinski definition) is 2. The molecule has 26 heavy (non-hydrogen) atoms. The molecular formula is C14H9BrClN7O2S. The fraction of sp³-hybridized carbons (Fsp3) is 0. The summed E-state index contributed by atoms with van der Waals surface area (Å²) in [5, 5.41) is 15.6. The second-order valence-electron chi connectivity index (χ2n) is 4.90. The number of aromatic nitrogens is 4. The molecule has 0 aliphatic heterocycles. The summed E-state index contributed by atoms with van der Waals surface area (Å²) < 4.78 is 26.3. The van der Waals surface area contributed by atoms with E-state index in [0.717, 1.165) is 6.20 Å². The monoisotopic (exact) mass is 453 g/mol. The summed E-state index contributed by atoms with van der Waals surface area (Å²) >= 11 is 8.90. The first-order chi connectivity index (χ1) is 12.3. The van der Waals surface area contributed by atoms with Gasteiger partial charge in [-0.2, -0.15) is 18.7 Å². The number of rotatable bonds is 4. The van der Waals surface area contributed by atoms with Crippen molar-refractivity contribution in [3.8, 4) is 6.07 Å². The van der Waals surface area contributed by atoms with E-state index in [1.807, 2.05) is 6.07 Å². The van der Waals surface area contributed by atoms with Crippen LogP contribution in [0.1, 0.15) is 5.56 Å². The Morgan fingerprint density at radius 3 is 2.62 bits per heavy atom. The molecule has 132 valence electrons. The molecule has 0 radical (unpaired) electrons. The van der Waals surface area contributed by atoms with Crippen molar-refractivity contribution in [3.05, 3.63) is 51.7 Å². The summed E-state index contributed by atoms with van der Waals surface area (Å²) in [4.78, 5) is 7.53. The van der Waals surface area contributed by atoms with Crippen LogP contribution in [0.4, 0.5) is 17.6 Å². The maximum atomic E-state index is 12.7. The van der Waals surface area contributed by atoms with Crippen molar-refractivity contribution in [3.63, 3.8) is 0 Å². The van der Waals surface area contributed by atoms with Crippen molar-refractivity contribution >= 4 is 55.1 Å². The van der Waals surface area contributed by atoms with E-state index in [9.17, 15) is 8.42 Å². The minimum Gasteiger partial charge on any atom is -0.367 e. The second-order valence-corrected chi connectivity index (χ2v) is 7.88. The molecule has 0 bridgehead atoms. The van der Waals surface area contributed by atoms with Crippen molar-refractivity contribution in [2.45, 2.75) is 4.90 Å². The quantitative estimate of drug-likeness (QED) is 0.573. The zero-order valence-electron chi connectivity index (χ0n) is 12.8. The Bertz CT molecular complexity index is 1120. The molecule has 2 aromatic heterocycles. The summed E-state index contributed by atoms with van der Waals surface area (Å²) in [6.07, 6.45) is 1.09. The third kappa shape index (κ3) is 3.48. The van der Waals surface area contributed by atoms with Gasteiger partial charge in [0.25, 0.3) is 10.0 Å². The number of anilines is 3. The van der Waals surface area contributed by atoms with Crippen LogP contribution in [0, 0.1) is 11.3 Å². The molecule has 3 aromatic rings. The second kappa shape index (κ2) is 6.91. The lowest BCUT2D eigenvalue weighted by molar-refractivity contribution is 0.580. The average molecular weight is 455 g/mol. The van der Waals surface area contributed by atoms with Gasteiger partial charge in [-0.3, -0.25) is 0 Å². The van der Waals surface area contributed by atoms with E-state index in [1.54, 1.807) is 24.3 Å². The fourth-order valence-corrected chi connectivity index (χ4v) is 3.67. The molecular weight excluding hydrogens is 446 g/mol. The molecule has 0 saturated heterocycles. The molecule has 0 spiro atoms. The van der Waals surface area contributed by atoms with Crippen LogP contribution in [0.3, 0.4) is 0 Å². The van der Waals surface area contributed by atoms with Crippen molar-refractivity contribution in [1.29, 1.82) is 5.26 Å². The predicted molar refractivity (Wildman–Crippen MR) is 98.4 cm³/mol. The largest absolute Gasteiger partial charge is 0.367 e.